The summed E-state index contributed by atoms with van der Waals surface area (Å²) in [5, 5.41) is 7.10. The summed E-state index contributed by atoms with van der Waals surface area (Å²) in [6.45, 7) is 3.30. The average molecular weight is 358 g/mol. The molecule has 5 heteroatoms. The van der Waals surface area contributed by atoms with Crippen molar-refractivity contribution < 1.29 is 0 Å². The number of hydrogen-bond donors (Lipinski definition) is 2. The van der Waals surface area contributed by atoms with Crippen molar-refractivity contribution in [1.29, 1.82) is 0 Å². The van der Waals surface area contributed by atoms with E-state index >= 15 is 0 Å². The zero-order chi connectivity index (χ0) is 18.4. The molecule has 0 radical (unpaired) electrons. The molecule has 3 rings (SSSR count). The number of benzene rings is 1. The Morgan fingerprint density at radius 1 is 1.15 bits per heavy atom. The predicted octanol–water partition coefficient (Wildman–Crippen LogP) is 2.48. The highest BCUT2D eigenvalue weighted by molar-refractivity contribution is 5.80. The Kier molecular flexibility index (Phi) is 6.78. The van der Waals surface area contributed by atoms with Gasteiger partial charge in [0.25, 0.3) is 0 Å². The maximum Gasteiger partial charge on any atom is 0.191 e. The Morgan fingerprint density at radius 2 is 1.88 bits per heavy atom. The number of nitrogens with one attached hydrogen (secondary N) is 2. The van der Waals surface area contributed by atoms with Crippen LogP contribution in [0.4, 0.5) is 5.69 Å². The van der Waals surface area contributed by atoms with E-state index in [-0.39, 0.29) is 0 Å². The van der Waals surface area contributed by atoms with Crippen LogP contribution in [0.1, 0.15) is 37.7 Å². The zero-order valence-corrected chi connectivity index (χ0v) is 16.7. The minimum absolute atomic E-state index is 0.529. The summed E-state index contributed by atoms with van der Waals surface area (Å²) in [7, 11) is 6.01. The van der Waals surface area contributed by atoms with E-state index < -0.39 is 0 Å². The van der Waals surface area contributed by atoms with Gasteiger partial charge in [-0.15, -0.1) is 0 Å². The van der Waals surface area contributed by atoms with Crippen molar-refractivity contribution in [3.63, 3.8) is 0 Å². The molecule has 26 heavy (non-hydrogen) atoms. The van der Waals surface area contributed by atoms with Gasteiger partial charge in [0.15, 0.2) is 5.96 Å². The number of guanidine groups is 1. The molecule has 1 aliphatic carbocycles. The van der Waals surface area contributed by atoms with Gasteiger partial charge in [0.05, 0.1) is 0 Å². The first kappa shape index (κ1) is 19.0. The van der Waals surface area contributed by atoms with E-state index in [1.54, 1.807) is 0 Å². The van der Waals surface area contributed by atoms with Gasteiger partial charge in [0, 0.05) is 58.5 Å². The van der Waals surface area contributed by atoms with E-state index in [9.17, 15) is 0 Å². The van der Waals surface area contributed by atoms with Crippen LogP contribution >= 0.6 is 0 Å². The van der Waals surface area contributed by atoms with Crippen LogP contribution in [0.3, 0.4) is 0 Å². The lowest BCUT2D eigenvalue weighted by atomic mass is 10.1. The molecule has 0 aromatic heterocycles. The quantitative estimate of drug-likeness (QED) is 0.606. The van der Waals surface area contributed by atoms with Gasteiger partial charge in [-0.1, -0.05) is 25.0 Å². The highest BCUT2D eigenvalue weighted by atomic mass is 15.3. The lowest BCUT2D eigenvalue weighted by Gasteiger charge is -2.24. The monoisotopic (exact) mass is 357 g/mol. The van der Waals surface area contributed by atoms with E-state index in [1.807, 2.05) is 7.05 Å². The molecular formula is C21H35N5. The van der Waals surface area contributed by atoms with Crippen LogP contribution in [0.15, 0.2) is 29.3 Å². The van der Waals surface area contributed by atoms with Crippen molar-refractivity contribution in [1.82, 2.24) is 15.5 Å². The minimum Gasteiger partial charge on any atom is -0.378 e. The second-order valence-corrected chi connectivity index (χ2v) is 7.87. The Balaban J connectivity index is 1.39. The Morgan fingerprint density at radius 3 is 2.54 bits per heavy atom. The fourth-order valence-corrected chi connectivity index (χ4v) is 4.18. The molecule has 1 unspecified atom stereocenters. The lowest BCUT2D eigenvalue weighted by Crippen LogP contribution is -2.45. The molecule has 2 aliphatic rings. The van der Waals surface area contributed by atoms with Crippen molar-refractivity contribution in [2.45, 2.75) is 50.6 Å². The molecule has 0 amide bonds. The fourth-order valence-electron chi connectivity index (χ4n) is 4.18. The SMILES string of the molecule is CN=C(NCCc1ccc(N(C)C)cc1)NC1CCN(C2CCCC2)C1. The topological polar surface area (TPSA) is 42.9 Å². The molecule has 1 heterocycles. The molecule has 0 spiro atoms. The van der Waals surface area contributed by atoms with Crippen LogP contribution in [0.25, 0.3) is 0 Å². The van der Waals surface area contributed by atoms with E-state index in [2.05, 4.69) is 63.8 Å². The molecule has 2 N–H and O–H groups in total. The van der Waals surface area contributed by atoms with Gasteiger partial charge < -0.3 is 15.5 Å². The van der Waals surface area contributed by atoms with Crippen LogP contribution in [0, 0.1) is 0 Å². The van der Waals surface area contributed by atoms with Crippen molar-refractivity contribution in [2.24, 2.45) is 4.99 Å². The number of aliphatic imine (C=N–C) groups is 1. The van der Waals surface area contributed by atoms with Crippen LogP contribution in [0.2, 0.25) is 0 Å². The number of nitrogens with zero attached hydrogens (tertiary/aromatic N) is 3. The van der Waals surface area contributed by atoms with Gasteiger partial charge in [0.1, 0.15) is 0 Å². The average Bonchev–Trinajstić information content (AvgIpc) is 3.33. The summed E-state index contributed by atoms with van der Waals surface area (Å²) < 4.78 is 0. The molecule has 5 nitrogen and oxygen atoms in total. The molecule has 1 saturated heterocycles. The summed E-state index contributed by atoms with van der Waals surface area (Å²) in [5.41, 5.74) is 2.60. The minimum atomic E-state index is 0.529. The van der Waals surface area contributed by atoms with E-state index in [1.165, 1.54) is 49.9 Å². The first-order chi connectivity index (χ1) is 12.7. The van der Waals surface area contributed by atoms with Crippen LogP contribution < -0.4 is 15.5 Å². The summed E-state index contributed by atoms with van der Waals surface area (Å²) in [6.07, 6.45) is 7.85. The van der Waals surface area contributed by atoms with Crippen molar-refractivity contribution in [2.75, 3.05) is 45.7 Å². The van der Waals surface area contributed by atoms with Crippen LogP contribution in [-0.4, -0.2) is 63.7 Å². The molecule has 1 aromatic carbocycles. The molecular weight excluding hydrogens is 322 g/mol. The van der Waals surface area contributed by atoms with Gasteiger partial charge in [-0.3, -0.25) is 9.89 Å². The number of hydrogen-bond acceptors (Lipinski definition) is 3. The molecule has 1 aliphatic heterocycles. The van der Waals surface area contributed by atoms with E-state index in [4.69, 9.17) is 0 Å². The Labute approximate surface area is 158 Å². The van der Waals surface area contributed by atoms with Gasteiger partial charge in [-0.25, -0.2) is 0 Å². The Bertz CT molecular complexity index is 575. The Hall–Kier alpha value is -1.75. The van der Waals surface area contributed by atoms with Gasteiger partial charge in [0.2, 0.25) is 0 Å². The second kappa shape index (κ2) is 9.26. The lowest BCUT2D eigenvalue weighted by molar-refractivity contribution is 0.242. The standard InChI is InChI=1S/C21H35N5/c1-22-21(23-14-12-17-8-10-19(11-9-17)25(2)3)24-18-13-15-26(16-18)20-6-4-5-7-20/h8-11,18,20H,4-7,12-16H2,1-3H3,(H2,22,23,24). The summed E-state index contributed by atoms with van der Waals surface area (Å²) >= 11 is 0. The number of rotatable bonds is 6. The molecule has 0 bridgehead atoms. The van der Waals surface area contributed by atoms with Gasteiger partial charge in [-0.05, 0) is 43.4 Å². The number of likely N-dealkylation sites (tertiary alicyclic amines) is 1. The molecule has 144 valence electrons. The van der Waals surface area contributed by atoms with Crippen molar-refractivity contribution in [3.8, 4) is 0 Å². The summed E-state index contributed by atoms with van der Waals surface area (Å²) in [6, 6.07) is 10.1. The first-order valence-corrected chi connectivity index (χ1v) is 10.1. The zero-order valence-electron chi connectivity index (χ0n) is 16.7. The third-order valence-corrected chi connectivity index (χ3v) is 5.78. The molecule has 2 fully saturated rings. The third-order valence-electron chi connectivity index (χ3n) is 5.78. The fraction of sp³-hybridized carbons (Fsp3) is 0.667. The highest BCUT2D eigenvalue weighted by Crippen LogP contribution is 2.26. The van der Waals surface area contributed by atoms with Crippen LogP contribution in [-0.2, 0) is 6.42 Å². The normalized spacial score (nSPS) is 22.0. The van der Waals surface area contributed by atoms with Crippen molar-refractivity contribution in [3.05, 3.63) is 29.8 Å². The van der Waals surface area contributed by atoms with Gasteiger partial charge >= 0.3 is 0 Å². The smallest absolute Gasteiger partial charge is 0.191 e. The number of anilines is 1. The predicted molar refractivity (Wildman–Crippen MR) is 111 cm³/mol. The first-order valence-electron chi connectivity index (χ1n) is 10.1. The highest BCUT2D eigenvalue weighted by Gasteiger charge is 2.30. The second-order valence-electron chi connectivity index (χ2n) is 7.87. The van der Waals surface area contributed by atoms with E-state index in [0.29, 0.717) is 6.04 Å². The summed E-state index contributed by atoms with van der Waals surface area (Å²) in [4.78, 5) is 9.23. The third kappa shape index (κ3) is 5.13. The molecule has 1 aromatic rings. The maximum atomic E-state index is 4.41. The molecule has 1 saturated carbocycles. The van der Waals surface area contributed by atoms with Crippen LogP contribution in [0.5, 0.6) is 0 Å². The largest absolute Gasteiger partial charge is 0.378 e. The summed E-state index contributed by atoms with van der Waals surface area (Å²) in [5.74, 6) is 0.938. The maximum absolute atomic E-state index is 4.41. The van der Waals surface area contributed by atoms with E-state index in [0.717, 1.165) is 31.5 Å². The van der Waals surface area contributed by atoms with Crippen molar-refractivity contribution >= 4 is 11.6 Å². The molecule has 1 atom stereocenters. The van der Waals surface area contributed by atoms with Gasteiger partial charge in [-0.2, -0.15) is 0 Å².